The quantitative estimate of drug-likeness (QED) is 0.356. The molecule has 1 aliphatic heterocycles. The average molecular weight is 466 g/mol. The number of nitriles is 1. The Morgan fingerprint density at radius 1 is 1.00 bits per heavy atom. The first-order valence-corrected chi connectivity index (χ1v) is 11.4. The van der Waals surface area contributed by atoms with E-state index in [0.29, 0.717) is 40.1 Å². The molecule has 1 aromatic heterocycles. The lowest BCUT2D eigenvalue weighted by molar-refractivity contribution is 0.0735. The number of para-hydroxylation sites is 1. The van der Waals surface area contributed by atoms with Crippen molar-refractivity contribution < 1.29 is 9.53 Å². The molecule has 8 heteroatoms. The Morgan fingerprint density at radius 2 is 1.80 bits per heavy atom. The molecule has 3 aromatic carbocycles. The third-order valence-electron chi connectivity index (χ3n) is 6.03. The van der Waals surface area contributed by atoms with E-state index in [1.165, 1.54) is 6.07 Å². The predicted octanol–water partition coefficient (Wildman–Crippen LogP) is 3.34. The van der Waals surface area contributed by atoms with Crippen molar-refractivity contribution in [2.45, 2.75) is 6.54 Å². The Balaban J connectivity index is 1.21. The number of hydrogen-bond acceptors (Lipinski definition) is 7. The summed E-state index contributed by atoms with van der Waals surface area (Å²) in [5.74, 6) is 0.618. The van der Waals surface area contributed by atoms with Crippen LogP contribution in [0.1, 0.15) is 21.7 Å². The lowest BCUT2D eigenvalue weighted by atomic mass is 10.1. The second-order valence-corrected chi connectivity index (χ2v) is 8.37. The molecule has 0 amide bonds. The molecule has 1 saturated heterocycles. The van der Waals surface area contributed by atoms with Crippen LogP contribution in [0.15, 0.2) is 77.6 Å². The second kappa shape index (κ2) is 9.79. The van der Waals surface area contributed by atoms with E-state index in [-0.39, 0.29) is 5.56 Å². The van der Waals surface area contributed by atoms with E-state index in [9.17, 15) is 9.59 Å². The van der Waals surface area contributed by atoms with Gasteiger partial charge in [0, 0.05) is 37.9 Å². The van der Waals surface area contributed by atoms with E-state index < -0.39 is 5.97 Å². The van der Waals surface area contributed by atoms with Gasteiger partial charge < -0.3 is 14.6 Å². The Bertz CT molecular complexity index is 1480. The van der Waals surface area contributed by atoms with Gasteiger partial charge in [0.1, 0.15) is 11.6 Å². The summed E-state index contributed by atoms with van der Waals surface area (Å²) in [5, 5.41) is 9.64. The minimum absolute atomic E-state index is 0.116. The van der Waals surface area contributed by atoms with Gasteiger partial charge in [-0.05, 0) is 42.5 Å². The Morgan fingerprint density at radius 3 is 2.63 bits per heavy atom. The fourth-order valence-corrected chi connectivity index (χ4v) is 4.21. The molecule has 1 aliphatic rings. The monoisotopic (exact) mass is 465 g/mol. The zero-order valence-electron chi connectivity index (χ0n) is 19.0. The van der Waals surface area contributed by atoms with Gasteiger partial charge in [-0.3, -0.25) is 9.69 Å². The van der Waals surface area contributed by atoms with E-state index in [4.69, 9.17) is 10.00 Å². The normalized spacial score (nSPS) is 14.0. The van der Waals surface area contributed by atoms with Crippen LogP contribution >= 0.6 is 0 Å². The first kappa shape index (κ1) is 22.3. The third-order valence-corrected chi connectivity index (χ3v) is 6.03. The SMILES string of the molecule is N#Cc1cccc(C(=O)Oc2cccc(N3CCN(Cc4nc5ccccc5c(=O)[nH]4)CC3)c2)c1. The number of benzene rings is 3. The van der Waals surface area contributed by atoms with Gasteiger partial charge in [0.05, 0.1) is 34.6 Å². The molecule has 0 atom stereocenters. The highest BCUT2D eigenvalue weighted by Crippen LogP contribution is 2.23. The van der Waals surface area contributed by atoms with Crippen LogP contribution in [0.5, 0.6) is 5.75 Å². The van der Waals surface area contributed by atoms with E-state index in [0.717, 1.165) is 31.9 Å². The summed E-state index contributed by atoms with van der Waals surface area (Å²) in [5.41, 5.74) is 2.31. The number of piperazine rings is 1. The van der Waals surface area contributed by atoms with Crippen LogP contribution in [0.4, 0.5) is 5.69 Å². The molecule has 0 spiro atoms. The molecule has 174 valence electrons. The first-order valence-electron chi connectivity index (χ1n) is 11.4. The fourth-order valence-electron chi connectivity index (χ4n) is 4.21. The molecule has 0 radical (unpaired) electrons. The second-order valence-electron chi connectivity index (χ2n) is 8.37. The molecular weight excluding hydrogens is 442 g/mol. The molecule has 2 heterocycles. The Labute approximate surface area is 202 Å². The summed E-state index contributed by atoms with van der Waals surface area (Å²) in [7, 11) is 0. The molecule has 35 heavy (non-hydrogen) atoms. The van der Waals surface area contributed by atoms with Crippen LogP contribution in [-0.2, 0) is 6.54 Å². The number of aromatic amines is 1. The Hall–Kier alpha value is -4.48. The number of hydrogen-bond donors (Lipinski definition) is 1. The minimum atomic E-state index is -0.499. The van der Waals surface area contributed by atoms with Crippen LogP contribution in [-0.4, -0.2) is 47.0 Å². The number of aromatic nitrogens is 2. The van der Waals surface area contributed by atoms with Gasteiger partial charge in [-0.2, -0.15) is 5.26 Å². The molecule has 1 N–H and O–H groups in total. The summed E-state index contributed by atoms with van der Waals surface area (Å²) in [6.45, 7) is 3.77. The number of H-pyrrole nitrogens is 1. The van der Waals surface area contributed by atoms with Gasteiger partial charge in [-0.15, -0.1) is 0 Å². The Kier molecular flexibility index (Phi) is 6.24. The van der Waals surface area contributed by atoms with Gasteiger partial charge in [0.2, 0.25) is 0 Å². The molecule has 0 unspecified atom stereocenters. The van der Waals surface area contributed by atoms with Crippen molar-refractivity contribution in [1.29, 1.82) is 5.26 Å². The topological polar surface area (TPSA) is 102 Å². The number of nitrogens with one attached hydrogen (secondary N) is 1. The maximum absolute atomic E-state index is 12.5. The number of nitrogens with zero attached hydrogens (tertiary/aromatic N) is 4. The van der Waals surface area contributed by atoms with Crippen molar-refractivity contribution >= 4 is 22.6 Å². The van der Waals surface area contributed by atoms with Gasteiger partial charge >= 0.3 is 5.97 Å². The average Bonchev–Trinajstić information content (AvgIpc) is 2.89. The van der Waals surface area contributed by atoms with Crippen molar-refractivity contribution in [2.24, 2.45) is 0 Å². The molecule has 4 aromatic rings. The highest BCUT2D eigenvalue weighted by atomic mass is 16.5. The van der Waals surface area contributed by atoms with Gasteiger partial charge in [0.25, 0.3) is 5.56 Å². The van der Waals surface area contributed by atoms with E-state index in [2.05, 4.69) is 19.8 Å². The highest BCUT2D eigenvalue weighted by Gasteiger charge is 2.19. The maximum Gasteiger partial charge on any atom is 0.343 e. The summed E-state index contributed by atoms with van der Waals surface area (Å²) < 4.78 is 5.55. The van der Waals surface area contributed by atoms with Crippen molar-refractivity contribution in [2.75, 3.05) is 31.1 Å². The number of esters is 1. The highest BCUT2D eigenvalue weighted by molar-refractivity contribution is 5.91. The number of carbonyl (C=O) groups excluding carboxylic acids is 1. The summed E-state index contributed by atoms with van der Waals surface area (Å²) in [6, 6.07) is 23.3. The van der Waals surface area contributed by atoms with Crippen LogP contribution in [0.2, 0.25) is 0 Å². The van der Waals surface area contributed by atoms with E-state index in [1.54, 1.807) is 30.3 Å². The smallest absolute Gasteiger partial charge is 0.343 e. The van der Waals surface area contributed by atoms with E-state index in [1.807, 2.05) is 42.5 Å². The molecule has 0 aliphatic carbocycles. The molecule has 0 bridgehead atoms. The number of carbonyl (C=O) groups is 1. The van der Waals surface area contributed by atoms with Crippen LogP contribution in [0.25, 0.3) is 10.9 Å². The minimum Gasteiger partial charge on any atom is -0.423 e. The third kappa shape index (κ3) is 5.05. The number of anilines is 1. The predicted molar refractivity (Wildman–Crippen MR) is 132 cm³/mol. The maximum atomic E-state index is 12.5. The summed E-state index contributed by atoms with van der Waals surface area (Å²) in [4.78, 5) is 36.8. The van der Waals surface area contributed by atoms with Crippen LogP contribution < -0.4 is 15.2 Å². The van der Waals surface area contributed by atoms with Gasteiger partial charge in [0.15, 0.2) is 0 Å². The lowest BCUT2D eigenvalue weighted by Crippen LogP contribution is -2.46. The standard InChI is InChI=1S/C27H23N5O3/c28-17-19-5-3-6-20(15-19)27(34)35-22-8-4-7-21(16-22)32-13-11-31(12-14-32)18-25-29-24-10-2-1-9-23(24)26(33)30-25/h1-10,15-16H,11-14,18H2,(H,29,30,33). The molecule has 8 nitrogen and oxygen atoms in total. The largest absolute Gasteiger partial charge is 0.423 e. The van der Waals surface area contributed by atoms with Crippen LogP contribution in [0.3, 0.4) is 0 Å². The zero-order chi connectivity index (χ0) is 24.2. The molecule has 5 rings (SSSR count). The van der Waals surface area contributed by atoms with Crippen molar-refractivity contribution in [3.05, 3.63) is 100 Å². The zero-order valence-corrected chi connectivity index (χ0v) is 19.0. The molecular formula is C27H23N5O3. The number of rotatable bonds is 5. The van der Waals surface area contributed by atoms with E-state index >= 15 is 0 Å². The number of ether oxygens (including phenoxy) is 1. The molecule has 0 saturated carbocycles. The lowest BCUT2D eigenvalue weighted by Gasteiger charge is -2.35. The summed E-state index contributed by atoms with van der Waals surface area (Å²) in [6.07, 6.45) is 0. The van der Waals surface area contributed by atoms with Crippen molar-refractivity contribution in [1.82, 2.24) is 14.9 Å². The van der Waals surface area contributed by atoms with Gasteiger partial charge in [-0.25, -0.2) is 9.78 Å². The van der Waals surface area contributed by atoms with Gasteiger partial charge in [-0.1, -0.05) is 24.3 Å². The summed E-state index contributed by atoms with van der Waals surface area (Å²) >= 11 is 0. The number of fused-ring (bicyclic) bond motifs is 1. The van der Waals surface area contributed by atoms with Crippen molar-refractivity contribution in [3.8, 4) is 11.8 Å². The molecule has 1 fully saturated rings. The van der Waals surface area contributed by atoms with Crippen molar-refractivity contribution in [3.63, 3.8) is 0 Å². The fraction of sp³-hybridized carbons (Fsp3) is 0.185. The van der Waals surface area contributed by atoms with Crippen LogP contribution in [0, 0.1) is 11.3 Å². The first-order chi connectivity index (χ1) is 17.1.